The fraction of sp³-hybridized carbons (Fsp3) is 0.438. The first kappa shape index (κ1) is 20.9. The van der Waals surface area contributed by atoms with E-state index in [1.807, 2.05) is 0 Å². The van der Waals surface area contributed by atoms with E-state index in [9.17, 15) is 31.1 Å². The number of rotatable bonds is 6. The van der Waals surface area contributed by atoms with E-state index < -0.39 is 41.3 Å². The summed E-state index contributed by atoms with van der Waals surface area (Å²) in [4.78, 5) is 11.1. The van der Waals surface area contributed by atoms with Crippen LogP contribution in [0.15, 0.2) is 30.4 Å². The van der Waals surface area contributed by atoms with Crippen molar-refractivity contribution in [1.29, 1.82) is 0 Å². The van der Waals surface area contributed by atoms with E-state index in [2.05, 4.69) is 4.74 Å². The summed E-state index contributed by atoms with van der Waals surface area (Å²) in [6, 6.07) is 1.00. The Morgan fingerprint density at radius 1 is 1.08 bits per heavy atom. The molecule has 0 aliphatic heterocycles. The highest BCUT2D eigenvalue weighted by molar-refractivity contribution is 5.71. The van der Waals surface area contributed by atoms with Crippen molar-refractivity contribution < 1.29 is 40.6 Å². The second-order valence-corrected chi connectivity index (χ2v) is 5.00. The molecular formula is C16H16F6O3. The molecule has 0 heterocycles. The number of benzene rings is 1. The van der Waals surface area contributed by atoms with Gasteiger partial charge in [0, 0.05) is 0 Å². The zero-order valence-corrected chi connectivity index (χ0v) is 13.4. The zero-order chi connectivity index (χ0) is 19.3. The van der Waals surface area contributed by atoms with Gasteiger partial charge in [0.25, 0.3) is 0 Å². The third-order valence-corrected chi connectivity index (χ3v) is 2.88. The second kappa shape index (κ2) is 8.26. The highest BCUT2D eigenvalue weighted by atomic mass is 19.4. The molecule has 0 radical (unpaired) electrons. The Balaban J connectivity index is 2.93. The van der Waals surface area contributed by atoms with E-state index >= 15 is 0 Å². The molecule has 0 N–H and O–H groups in total. The maximum absolute atomic E-state index is 12.7. The number of esters is 1. The highest BCUT2D eigenvalue weighted by Crippen LogP contribution is 2.38. The third kappa shape index (κ3) is 7.06. The normalized spacial score (nSPS) is 13.8. The molecule has 1 atom stereocenters. The molecule has 0 amide bonds. The molecule has 0 bridgehead atoms. The van der Waals surface area contributed by atoms with Crippen LogP contribution in [0, 0.1) is 0 Å². The van der Waals surface area contributed by atoms with Gasteiger partial charge in [-0.25, -0.2) is 0 Å². The second-order valence-electron chi connectivity index (χ2n) is 5.00. The van der Waals surface area contributed by atoms with Crippen LogP contribution < -0.4 is 4.74 Å². The lowest BCUT2D eigenvalue weighted by Crippen LogP contribution is -2.14. The fourth-order valence-corrected chi connectivity index (χ4v) is 1.82. The van der Waals surface area contributed by atoms with Crippen molar-refractivity contribution in [3.63, 3.8) is 0 Å². The molecule has 0 saturated carbocycles. The minimum Gasteiger partial charge on any atom is -0.487 e. The van der Waals surface area contributed by atoms with Gasteiger partial charge >= 0.3 is 18.3 Å². The summed E-state index contributed by atoms with van der Waals surface area (Å²) < 4.78 is 86.3. The monoisotopic (exact) mass is 370 g/mol. The molecule has 0 spiro atoms. The van der Waals surface area contributed by atoms with Gasteiger partial charge in [0.15, 0.2) is 0 Å². The van der Waals surface area contributed by atoms with Crippen molar-refractivity contribution in [1.82, 2.24) is 0 Å². The van der Waals surface area contributed by atoms with Gasteiger partial charge in [-0.05, 0) is 38.1 Å². The Hall–Kier alpha value is -2.19. The SMILES string of the molecule is CCOC(=O)CC=CC(C)Oc1cc(C(F)(F)F)cc(C(F)(F)F)c1. The van der Waals surface area contributed by atoms with Gasteiger partial charge in [-0.15, -0.1) is 0 Å². The summed E-state index contributed by atoms with van der Waals surface area (Å²) >= 11 is 0. The number of hydrogen-bond acceptors (Lipinski definition) is 3. The lowest BCUT2D eigenvalue weighted by Gasteiger charge is -2.16. The van der Waals surface area contributed by atoms with Gasteiger partial charge in [-0.3, -0.25) is 4.79 Å². The van der Waals surface area contributed by atoms with Crippen molar-refractivity contribution >= 4 is 5.97 Å². The molecule has 9 heteroatoms. The van der Waals surface area contributed by atoms with Crippen LogP contribution in [0.25, 0.3) is 0 Å². The molecule has 1 rings (SSSR count). The van der Waals surface area contributed by atoms with Crippen LogP contribution in [0.5, 0.6) is 5.75 Å². The predicted molar refractivity (Wildman–Crippen MR) is 76.9 cm³/mol. The van der Waals surface area contributed by atoms with E-state index in [0.717, 1.165) is 0 Å². The molecule has 0 aliphatic carbocycles. The van der Waals surface area contributed by atoms with Gasteiger partial charge in [0.1, 0.15) is 11.9 Å². The predicted octanol–water partition coefficient (Wildman–Crippen LogP) is 5.00. The minimum atomic E-state index is -4.94. The van der Waals surface area contributed by atoms with Crippen LogP contribution in [0.2, 0.25) is 0 Å². The largest absolute Gasteiger partial charge is 0.487 e. The lowest BCUT2D eigenvalue weighted by molar-refractivity contribution is -0.144. The maximum Gasteiger partial charge on any atom is 0.416 e. The zero-order valence-electron chi connectivity index (χ0n) is 13.4. The topological polar surface area (TPSA) is 35.5 Å². The first-order valence-electron chi connectivity index (χ1n) is 7.22. The molecule has 140 valence electrons. The van der Waals surface area contributed by atoms with Gasteiger partial charge in [0.2, 0.25) is 0 Å². The number of hydrogen-bond donors (Lipinski definition) is 0. The van der Waals surface area contributed by atoms with Crippen molar-refractivity contribution in [3.8, 4) is 5.75 Å². The number of carbonyl (C=O) groups excluding carboxylic acids is 1. The minimum absolute atomic E-state index is 0.0219. The van der Waals surface area contributed by atoms with Crippen molar-refractivity contribution in [3.05, 3.63) is 41.5 Å². The first-order chi connectivity index (χ1) is 11.4. The van der Waals surface area contributed by atoms with Crippen LogP contribution in [0.4, 0.5) is 26.3 Å². The van der Waals surface area contributed by atoms with Gasteiger partial charge < -0.3 is 9.47 Å². The molecular weight excluding hydrogens is 354 g/mol. The van der Waals surface area contributed by atoms with E-state index in [-0.39, 0.29) is 19.1 Å². The quantitative estimate of drug-likeness (QED) is 0.402. The smallest absolute Gasteiger partial charge is 0.416 e. The Morgan fingerprint density at radius 2 is 1.60 bits per heavy atom. The molecule has 1 aromatic rings. The van der Waals surface area contributed by atoms with Crippen LogP contribution in [0.1, 0.15) is 31.4 Å². The number of halogens is 6. The first-order valence-corrected chi connectivity index (χ1v) is 7.22. The van der Waals surface area contributed by atoms with E-state index in [1.165, 1.54) is 19.1 Å². The van der Waals surface area contributed by atoms with Crippen molar-refractivity contribution in [2.45, 2.75) is 38.7 Å². The van der Waals surface area contributed by atoms with Crippen LogP contribution >= 0.6 is 0 Å². The standard InChI is InChI=1S/C16H16F6O3/c1-3-24-14(23)6-4-5-10(2)25-13-8-11(15(17,18)19)7-12(9-13)16(20,21)22/h4-5,7-10H,3,6H2,1-2H3. The van der Waals surface area contributed by atoms with Crippen LogP contribution in [-0.4, -0.2) is 18.7 Å². The van der Waals surface area contributed by atoms with Crippen molar-refractivity contribution in [2.24, 2.45) is 0 Å². The molecule has 0 aromatic heterocycles. The van der Waals surface area contributed by atoms with Gasteiger partial charge in [-0.1, -0.05) is 6.08 Å². The molecule has 0 fully saturated rings. The summed E-state index contributed by atoms with van der Waals surface area (Å²) in [5, 5.41) is 0. The Labute approximate surface area is 140 Å². The fourth-order valence-electron chi connectivity index (χ4n) is 1.82. The summed E-state index contributed by atoms with van der Waals surface area (Å²) in [5.74, 6) is -1.08. The Bertz CT molecular complexity index is 587. The van der Waals surface area contributed by atoms with Crippen molar-refractivity contribution in [2.75, 3.05) is 6.61 Å². The molecule has 1 unspecified atom stereocenters. The van der Waals surface area contributed by atoms with Crippen LogP contribution in [-0.2, 0) is 21.9 Å². The summed E-state index contributed by atoms with van der Waals surface area (Å²) in [7, 11) is 0. The Kier molecular flexibility index (Phi) is 6.89. The van der Waals surface area contributed by atoms with E-state index in [4.69, 9.17) is 4.74 Å². The van der Waals surface area contributed by atoms with E-state index in [1.54, 1.807) is 6.92 Å². The summed E-state index contributed by atoms with van der Waals surface area (Å²) in [6.45, 7) is 3.23. The number of carbonyl (C=O) groups is 1. The Morgan fingerprint density at radius 3 is 2.04 bits per heavy atom. The number of ether oxygens (including phenoxy) is 2. The third-order valence-electron chi connectivity index (χ3n) is 2.88. The summed E-state index contributed by atoms with van der Waals surface area (Å²) in [6.07, 6.45) is -8.12. The highest BCUT2D eigenvalue weighted by Gasteiger charge is 2.37. The molecule has 1 aromatic carbocycles. The van der Waals surface area contributed by atoms with E-state index in [0.29, 0.717) is 12.1 Å². The average Bonchev–Trinajstić information content (AvgIpc) is 2.45. The van der Waals surface area contributed by atoms with Gasteiger partial charge in [0.05, 0.1) is 24.2 Å². The van der Waals surface area contributed by atoms with Crippen LogP contribution in [0.3, 0.4) is 0 Å². The molecule has 0 aliphatic rings. The molecule has 0 saturated heterocycles. The number of alkyl halides is 6. The molecule has 25 heavy (non-hydrogen) atoms. The maximum atomic E-state index is 12.7. The summed E-state index contributed by atoms with van der Waals surface area (Å²) in [5.41, 5.74) is -2.92. The average molecular weight is 370 g/mol. The molecule has 3 nitrogen and oxygen atoms in total. The van der Waals surface area contributed by atoms with Gasteiger partial charge in [-0.2, -0.15) is 26.3 Å². The lowest BCUT2D eigenvalue weighted by atomic mass is 10.1.